The van der Waals surface area contributed by atoms with Crippen LogP contribution in [0.5, 0.6) is 0 Å². The molecule has 0 saturated heterocycles. The van der Waals surface area contributed by atoms with Crippen molar-refractivity contribution in [2.24, 2.45) is 0 Å². The van der Waals surface area contributed by atoms with Gasteiger partial charge in [0.05, 0.1) is 0 Å². The molecule has 0 aliphatic rings. The maximum absolute atomic E-state index is 11.4. The fraction of sp³-hybridized carbons (Fsp3) is 0.867. The number of imide groups is 1. The Morgan fingerprint density at radius 3 is 1.68 bits per heavy atom. The van der Waals surface area contributed by atoms with E-state index < -0.39 is 6.09 Å². The van der Waals surface area contributed by atoms with E-state index in [1.54, 1.807) is 0 Å². The topological polar surface area (TPSA) is 57.6 Å². The molecule has 2 amide bonds. The van der Waals surface area contributed by atoms with E-state index in [1.165, 1.54) is 52.0 Å². The molecular formula is C15H29NO3. The Kier molecular flexibility index (Phi) is 11.3. The van der Waals surface area contributed by atoms with Gasteiger partial charge in [0.2, 0.25) is 5.91 Å². The van der Waals surface area contributed by atoms with Gasteiger partial charge < -0.3 is 5.11 Å². The van der Waals surface area contributed by atoms with Crippen molar-refractivity contribution in [3.8, 4) is 0 Å². The van der Waals surface area contributed by atoms with E-state index in [2.05, 4.69) is 6.92 Å². The lowest BCUT2D eigenvalue weighted by molar-refractivity contribution is -0.128. The van der Waals surface area contributed by atoms with Crippen molar-refractivity contribution in [1.29, 1.82) is 0 Å². The zero-order valence-corrected chi connectivity index (χ0v) is 12.5. The summed E-state index contributed by atoms with van der Waals surface area (Å²) >= 11 is 0. The molecule has 0 bridgehead atoms. The molecule has 0 aromatic carbocycles. The Bertz CT molecular complexity index is 254. The van der Waals surface area contributed by atoms with E-state index in [-0.39, 0.29) is 5.91 Å². The van der Waals surface area contributed by atoms with E-state index in [9.17, 15) is 9.59 Å². The molecule has 0 rings (SSSR count). The second-order valence-electron chi connectivity index (χ2n) is 5.17. The van der Waals surface area contributed by atoms with Gasteiger partial charge >= 0.3 is 6.09 Å². The molecule has 0 aromatic rings. The summed E-state index contributed by atoms with van der Waals surface area (Å²) in [6.45, 7) is 2.23. The summed E-state index contributed by atoms with van der Waals surface area (Å²) in [5.74, 6) is -0.299. The van der Waals surface area contributed by atoms with E-state index in [0.29, 0.717) is 6.42 Å². The predicted molar refractivity (Wildman–Crippen MR) is 77.3 cm³/mol. The van der Waals surface area contributed by atoms with Gasteiger partial charge in [-0.05, 0) is 6.42 Å². The third-order valence-corrected chi connectivity index (χ3v) is 3.41. The molecule has 0 aromatic heterocycles. The summed E-state index contributed by atoms with van der Waals surface area (Å²) in [5.41, 5.74) is 0. The number of carbonyl (C=O) groups excluding carboxylic acids is 1. The van der Waals surface area contributed by atoms with E-state index in [0.717, 1.165) is 24.2 Å². The van der Waals surface area contributed by atoms with Gasteiger partial charge in [-0.3, -0.25) is 9.69 Å². The van der Waals surface area contributed by atoms with Gasteiger partial charge in [0.25, 0.3) is 0 Å². The van der Waals surface area contributed by atoms with Crippen molar-refractivity contribution in [3.05, 3.63) is 0 Å². The molecule has 0 aliphatic carbocycles. The Labute approximate surface area is 117 Å². The fourth-order valence-corrected chi connectivity index (χ4v) is 2.04. The number of unbranched alkanes of at least 4 members (excludes halogenated alkanes) is 9. The molecule has 0 spiro atoms. The van der Waals surface area contributed by atoms with E-state index >= 15 is 0 Å². The van der Waals surface area contributed by atoms with Crippen molar-refractivity contribution < 1.29 is 14.7 Å². The van der Waals surface area contributed by atoms with Gasteiger partial charge in [0, 0.05) is 13.5 Å². The van der Waals surface area contributed by atoms with Crippen LogP contribution in [0.2, 0.25) is 0 Å². The molecule has 1 N–H and O–H groups in total. The normalized spacial score (nSPS) is 10.4. The highest BCUT2D eigenvalue weighted by molar-refractivity contribution is 5.90. The Morgan fingerprint density at radius 1 is 0.842 bits per heavy atom. The fourth-order valence-electron chi connectivity index (χ4n) is 2.04. The largest absolute Gasteiger partial charge is 0.465 e. The summed E-state index contributed by atoms with van der Waals surface area (Å²) in [4.78, 5) is 22.7. The quantitative estimate of drug-likeness (QED) is 0.565. The smallest absolute Gasteiger partial charge is 0.413 e. The van der Waals surface area contributed by atoms with Crippen molar-refractivity contribution in [1.82, 2.24) is 4.90 Å². The van der Waals surface area contributed by atoms with Crippen molar-refractivity contribution in [3.63, 3.8) is 0 Å². The summed E-state index contributed by atoms with van der Waals surface area (Å²) in [6, 6.07) is 0. The second kappa shape index (κ2) is 12.0. The van der Waals surface area contributed by atoms with Gasteiger partial charge in [-0.2, -0.15) is 0 Å². The molecule has 112 valence electrons. The molecule has 4 nitrogen and oxygen atoms in total. The molecule has 0 saturated carbocycles. The summed E-state index contributed by atoms with van der Waals surface area (Å²) in [6.07, 6.45) is 11.3. The molecule has 19 heavy (non-hydrogen) atoms. The standard InChI is InChI=1S/C15H29NO3/c1-3-4-5-6-7-8-9-10-11-12-13-14(17)16(2)15(18)19/h3-13H2,1-2H3,(H,18,19). The first-order valence-electron chi connectivity index (χ1n) is 7.59. The number of carboxylic acid groups (broad SMARTS) is 1. The highest BCUT2D eigenvalue weighted by Gasteiger charge is 2.13. The van der Waals surface area contributed by atoms with Crippen LogP contribution in [0.4, 0.5) is 4.79 Å². The summed E-state index contributed by atoms with van der Waals surface area (Å²) in [7, 11) is 1.31. The Hall–Kier alpha value is -1.06. The van der Waals surface area contributed by atoms with Gasteiger partial charge in [-0.25, -0.2) is 4.79 Å². The second-order valence-corrected chi connectivity index (χ2v) is 5.17. The van der Waals surface area contributed by atoms with Crippen LogP contribution >= 0.6 is 0 Å². The minimum atomic E-state index is -1.17. The number of amides is 2. The van der Waals surface area contributed by atoms with Gasteiger partial charge in [-0.15, -0.1) is 0 Å². The van der Waals surface area contributed by atoms with Crippen molar-refractivity contribution >= 4 is 12.0 Å². The Balaban J connectivity index is 3.27. The highest BCUT2D eigenvalue weighted by atomic mass is 16.4. The van der Waals surface area contributed by atoms with Crippen LogP contribution in [-0.2, 0) is 4.79 Å². The first kappa shape index (κ1) is 17.9. The molecule has 0 fully saturated rings. The van der Waals surface area contributed by atoms with Crippen molar-refractivity contribution in [2.75, 3.05) is 7.05 Å². The Morgan fingerprint density at radius 2 is 1.26 bits per heavy atom. The predicted octanol–water partition coefficient (Wildman–Crippen LogP) is 4.43. The lowest BCUT2D eigenvalue weighted by atomic mass is 10.1. The SMILES string of the molecule is CCCCCCCCCCCCC(=O)N(C)C(=O)O. The summed E-state index contributed by atoms with van der Waals surface area (Å²) < 4.78 is 0. The summed E-state index contributed by atoms with van der Waals surface area (Å²) in [5, 5.41) is 8.62. The molecule has 0 atom stereocenters. The van der Waals surface area contributed by atoms with E-state index in [1.807, 2.05) is 0 Å². The number of carbonyl (C=O) groups is 2. The van der Waals surface area contributed by atoms with Gasteiger partial charge in [-0.1, -0.05) is 64.7 Å². The number of hydrogen-bond donors (Lipinski definition) is 1. The molecular weight excluding hydrogens is 242 g/mol. The molecule has 4 heteroatoms. The first-order valence-corrected chi connectivity index (χ1v) is 7.59. The van der Waals surface area contributed by atoms with E-state index in [4.69, 9.17) is 5.11 Å². The van der Waals surface area contributed by atoms with Gasteiger partial charge in [0.15, 0.2) is 0 Å². The number of nitrogens with zero attached hydrogens (tertiary/aromatic N) is 1. The first-order chi connectivity index (χ1) is 9.09. The molecule has 0 unspecified atom stereocenters. The van der Waals surface area contributed by atoms with Crippen LogP contribution in [0.25, 0.3) is 0 Å². The highest BCUT2D eigenvalue weighted by Crippen LogP contribution is 2.11. The molecule has 0 heterocycles. The lowest BCUT2D eigenvalue weighted by Gasteiger charge is -2.10. The zero-order valence-electron chi connectivity index (χ0n) is 12.5. The average molecular weight is 271 g/mol. The van der Waals surface area contributed by atoms with Crippen LogP contribution in [0.15, 0.2) is 0 Å². The minimum Gasteiger partial charge on any atom is -0.465 e. The molecule has 0 radical (unpaired) electrons. The van der Waals surface area contributed by atoms with Crippen molar-refractivity contribution in [2.45, 2.75) is 77.6 Å². The lowest BCUT2D eigenvalue weighted by Crippen LogP contribution is -2.31. The maximum Gasteiger partial charge on any atom is 0.413 e. The zero-order chi connectivity index (χ0) is 14.5. The van der Waals surface area contributed by atoms with Crippen LogP contribution in [0.1, 0.15) is 77.6 Å². The van der Waals surface area contributed by atoms with Crippen LogP contribution in [-0.4, -0.2) is 29.1 Å². The number of hydrogen-bond acceptors (Lipinski definition) is 2. The number of rotatable bonds is 11. The monoisotopic (exact) mass is 271 g/mol. The average Bonchev–Trinajstić information content (AvgIpc) is 2.39. The molecule has 0 aliphatic heterocycles. The van der Waals surface area contributed by atoms with Crippen LogP contribution in [0.3, 0.4) is 0 Å². The van der Waals surface area contributed by atoms with Crippen LogP contribution < -0.4 is 0 Å². The van der Waals surface area contributed by atoms with Gasteiger partial charge in [0.1, 0.15) is 0 Å². The third-order valence-electron chi connectivity index (χ3n) is 3.41. The van der Waals surface area contributed by atoms with Crippen LogP contribution in [0, 0.1) is 0 Å². The maximum atomic E-state index is 11.4. The minimum absolute atomic E-state index is 0.299. The third kappa shape index (κ3) is 10.5.